The van der Waals surface area contributed by atoms with Gasteiger partial charge >= 0.3 is 5.97 Å². The van der Waals surface area contributed by atoms with E-state index in [1.165, 1.54) is 18.2 Å². The van der Waals surface area contributed by atoms with Crippen molar-refractivity contribution in [3.05, 3.63) is 71.0 Å². The van der Waals surface area contributed by atoms with Crippen LogP contribution < -0.4 is 0 Å². The van der Waals surface area contributed by atoms with Crippen LogP contribution in [0, 0.1) is 17.5 Å². The first-order valence-corrected chi connectivity index (χ1v) is 5.43. The second kappa shape index (κ2) is 5.56. The van der Waals surface area contributed by atoms with Crippen LogP contribution in [0.15, 0.2) is 42.5 Å². The zero-order chi connectivity index (χ0) is 13.8. The van der Waals surface area contributed by atoms with Crippen molar-refractivity contribution < 1.29 is 22.7 Å². The Morgan fingerprint density at radius 2 is 1.74 bits per heavy atom. The lowest BCUT2D eigenvalue weighted by atomic mass is 10.2. The third kappa shape index (κ3) is 3.13. The van der Waals surface area contributed by atoms with E-state index in [0.717, 1.165) is 12.1 Å². The summed E-state index contributed by atoms with van der Waals surface area (Å²) in [5.74, 6) is -3.29. The van der Waals surface area contributed by atoms with Gasteiger partial charge in [0, 0.05) is 11.6 Å². The monoisotopic (exact) mass is 266 g/mol. The second-order valence-corrected chi connectivity index (χ2v) is 3.79. The van der Waals surface area contributed by atoms with E-state index in [2.05, 4.69) is 0 Å². The Kier molecular flexibility index (Phi) is 3.85. The quantitative estimate of drug-likeness (QED) is 0.795. The predicted molar refractivity (Wildman–Crippen MR) is 61.9 cm³/mol. The molecule has 0 saturated carbocycles. The van der Waals surface area contributed by atoms with E-state index in [1.807, 2.05) is 0 Å². The summed E-state index contributed by atoms with van der Waals surface area (Å²) in [4.78, 5) is 11.6. The highest BCUT2D eigenvalue weighted by Gasteiger charge is 2.14. The van der Waals surface area contributed by atoms with Crippen LogP contribution in [0.25, 0.3) is 0 Å². The van der Waals surface area contributed by atoms with Gasteiger partial charge in [0.1, 0.15) is 24.1 Å². The van der Waals surface area contributed by atoms with E-state index >= 15 is 0 Å². The van der Waals surface area contributed by atoms with Crippen molar-refractivity contribution >= 4 is 5.97 Å². The Labute approximate surface area is 107 Å². The molecule has 0 aliphatic heterocycles. The normalized spacial score (nSPS) is 10.3. The van der Waals surface area contributed by atoms with Crippen molar-refractivity contribution in [1.29, 1.82) is 0 Å². The lowest BCUT2D eigenvalue weighted by Crippen LogP contribution is -2.08. The highest BCUT2D eigenvalue weighted by atomic mass is 19.1. The molecule has 19 heavy (non-hydrogen) atoms. The average molecular weight is 266 g/mol. The second-order valence-electron chi connectivity index (χ2n) is 3.79. The fourth-order valence-corrected chi connectivity index (χ4v) is 1.49. The Hall–Kier alpha value is -2.30. The van der Waals surface area contributed by atoms with Crippen LogP contribution in [0.3, 0.4) is 0 Å². The molecular formula is C14H9F3O2. The number of carbonyl (C=O) groups excluding carboxylic acids is 1. The summed E-state index contributed by atoms with van der Waals surface area (Å²) < 4.78 is 44.0. The maximum atomic E-state index is 13.3. The molecule has 2 aromatic carbocycles. The molecule has 0 saturated heterocycles. The molecule has 0 heterocycles. The van der Waals surface area contributed by atoms with Crippen molar-refractivity contribution in [3.63, 3.8) is 0 Å². The molecule has 0 atom stereocenters. The summed E-state index contributed by atoms with van der Waals surface area (Å²) in [7, 11) is 0. The van der Waals surface area contributed by atoms with Gasteiger partial charge in [0.25, 0.3) is 0 Å². The number of halogens is 3. The first kappa shape index (κ1) is 13.1. The Balaban J connectivity index is 2.08. The van der Waals surface area contributed by atoms with Crippen molar-refractivity contribution in [2.75, 3.05) is 0 Å². The van der Waals surface area contributed by atoms with Crippen LogP contribution in [0.5, 0.6) is 0 Å². The molecule has 0 aliphatic carbocycles. The smallest absolute Gasteiger partial charge is 0.341 e. The summed E-state index contributed by atoms with van der Waals surface area (Å²) in [6, 6.07) is 8.27. The molecule has 0 amide bonds. The molecular weight excluding hydrogens is 257 g/mol. The number of benzene rings is 2. The third-order valence-electron chi connectivity index (χ3n) is 2.47. The molecule has 0 spiro atoms. The molecule has 0 aliphatic rings. The minimum absolute atomic E-state index is 0.179. The molecule has 0 unspecified atom stereocenters. The number of carbonyl (C=O) groups is 1. The number of hydrogen-bond acceptors (Lipinski definition) is 2. The van der Waals surface area contributed by atoms with Crippen LogP contribution in [-0.4, -0.2) is 5.97 Å². The van der Waals surface area contributed by atoms with Gasteiger partial charge in [-0.2, -0.15) is 0 Å². The SMILES string of the molecule is O=C(OCc1ccccc1F)c1ccc(F)cc1F. The molecule has 0 aromatic heterocycles. The molecule has 0 N–H and O–H groups in total. The Morgan fingerprint density at radius 1 is 1.00 bits per heavy atom. The van der Waals surface area contributed by atoms with Crippen LogP contribution in [0.1, 0.15) is 15.9 Å². The number of esters is 1. The van der Waals surface area contributed by atoms with Crippen molar-refractivity contribution in [2.45, 2.75) is 6.61 Å². The maximum Gasteiger partial charge on any atom is 0.341 e. The molecule has 0 bridgehead atoms. The van der Waals surface area contributed by atoms with Gasteiger partial charge in [-0.05, 0) is 18.2 Å². The van der Waals surface area contributed by atoms with E-state index in [0.29, 0.717) is 6.07 Å². The fraction of sp³-hybridized carbons (Fsp3) is 0.0714. The van der Waals surface area contributed by atoms with Crippen LogP contribution in [0.4, 0.5) is 13.2 Å². The van der Waals surface area contributed by atoms with Crippen LogP contribution >= 0.6 is 0 Å². The summed E-state index contributed by atoms with van der Waals surface area (Å²) in [6.45, 7) is -0.317. The summed E-state index contributed by atoms with van der Waals surface area (Å²) in [5.41, 5.74) is -0.212. The van der Waals surface area contributed by atoms with Crippen molar-refractivity contribution in [2.24, 2.45) is 0 Å². The highest BCUT2D eigenvalue weighted by molar-refractivity contribution is 5.89. The molecule has 5 heteroatoms. The maximum absolute atomic E-state index is 13.3. The van der Waals surface area contributed by atoms with Gasteiger partial charge in [-0.1, -0.05) is 18.2 Å². The molecule has 0 fully saturated rings. The number of hydrogen-bond donors (Lipinski definition) is 0. The predicted octanol–water partition coefficient (Wildman–Crippen LogP) is 3.46. The van der Waals surface area contributed by atoms with Gasteiger partial charge in [-0.25, -0.2) is 18.0 Å². The highest BCUT2D eigenvalue weighted by Crippen LogP contribution is 2.13. The van der Waals surface area contributed by atoms with Crippen LogP contribution in [-0.2, 0) is 11.3 Å². The average Bonchev–Trinajstić information content (AvgIpc) is 2.37. The van der Waals surface area contributed by atoms with Gasteiger partial charge in [0.05, 0.1) is 5.56 Å². The van der Waals surface area contributed by atoms with E-state index in [-0.39, 0.29) is 12.2 Å². The minimum Gasteiger partial charge on any atom is -0.457 e. The van der Waals surface area contributed by atoms with Gasteiger partial charge in [-0.3, -0.25) is 0 Å². The van der Waals surface area contributed by atoms with Gasteiger partial charge < -0.3 is 4.74 Å². The van der Waals surface area contributed by atoms with Crippen molar-refractivity contribution in [1.82, 2.24) is 0 Å². The van der Waals surface area contributed by atoms with E-state index in [4.69, 9.17) is 4.74 Å². The van der Waals surface area contributed by atoms with Crippen LogP contribution in [0.2, 0.25) is 0 Å². The third-order valence-corrected chi connectivity index (χ3v) is 2.47. The van der Waals surface area contributed by atoms with Crippen molar-refractivity contribution in [3.8, 4) is 0 Å². The first-order valence-electron chi connectivity index (χ1n) is 5.43. The van der Waals surface area contributed by atoms with Gasteiger partial charge in [0.15, 0.2) is 0 Å². The topological polar surface area (TPSA) is 26.3 Å². The minimum atomic E-state index is -1.02. The van der Waals surface area contributed by atoms with Gasteiger partial charge in [-0.15, -0.1) is 0 Å². The standard InChI is InChI=1S/C14H9F3O2/c15-10-5-6-11(13(17)7-10)14(18)19-8-9-3-1-2-4-12(9)16/h1-7H,8H2. The lowest BCUT2D eigenvalue weighted by Gasteiger charge is -2.06. The van der Waals surface area contributed by atoms with E-state index < -0.39 is 29.0 Å². The van der Waals surface area contributed by atoms with E-state index in [9.17, 15) is 18.0 Å². The number of ether oxygens (including phenoxy) is 1. The molecule has 98 valence electrons. The molecule has 2 nitrogen and oxygen atoms in total. The molecule has 2 rings (SSSR count). The van der Waals surface area contributed by atoms with E-state index in [1.54, 1.807) is 6.07 Å². The lowest BCUT2D eigenvalue weighted by molar-refractivity contribution is 0.0463. The zero-order valence-corrected chi connectivity index (χ0v) is 9.70. The fourth-order valence-electron chi connectivity index (χ4n) is 1.49. The van der Waals surface area contributed by atoms with Gasteiger partial charge in [0.2, 0.25) is 0 Å². The summed E-state index contributed by atoms with van der Waals surface area (Å²) in [5, 5.41) is 0. The summed E-state index contributed by atoms with van der Waals surface area (Å²) >= 11 is 0. The largest absolute Gasteiger partial charge is 0.457 e. The first-order chi connectivity index (χ1) is 9.08. The zero-order valence-electron chi connectivity index (χ0n) is 9.70. The Morgan fingerprint density at radius 3 is 2.42 bits per heavy atom. The molecule has 2 aromatic rings. The molecule has 0 radical (unpaired) electrons. The number of rotatable bonds is 3. The Bertz CT molecular complexity index is 611. The summed E-state index contributed by atoms with van der Waals surface area (Å²) in [6.07, 6.45) is 0.